The normalized spacial score (nSPS) is 14.2. The summed E-state index contributed by atoms with van der Waals surface area (Å²) < 4.78 is 32.5. The highest BCUT2D eigenvalue weighted by atomic mass is 19.1. The van der Waals surface area contributed by atoms with Crippen molar-refractivity contribution in [3.63, 3.8) is 0 Å². The zero-order chi connectivity index (χ0) is 15.3. The monoisotopic (exact) mass is 286 g/mol. The van der Waals surface area contributed by atoms with Crippen LogP contribution in [0.2, 0.25) is 0 Å². The van der Waals surface area contributed by atoms with Gasteiger partial charge in [-0.3, -0.25) is 5.32 Å². The predicted molar refractivity (Wildman–Crippen MR) is 72.3 cm³/mol. The number of benzene rings is 1. The first kappa shape index (κ1) is 16.5. The molecule has 0 aromatic heterocycles. The minimum Gasteiger partial charge on any atom is -0.467 e. The molecule has 0 heterocycles. The Morgan fingerprint density at radius 3 is 2.35 bits per heavy atom. The fourth-order valence-electron chi connectivity index (χ4n) is 1.97. The summed E-state index contributed by atoms with van der Waals surface area (Å²) in [6.45, 7) is 2.41. The Balaban J connectivity index is 3.14. The second-order valence-electron chi connectivity index (χ2n) is 4.94. The number of hydrogen-bond acceptors (Lipinski definition) is 4. The molecule has 1 atom stereocenters. The van der Waals surface area contributed by atoms with E-state index in [-0.39, 0.29) is 5.56 Å². The van der Waals surface area contributed by atoms with Gasteiger partial charge in [-0.05, 0) is 33.2 Å². The van der Waals surface area contributed by atoms with Gasteiger partial charge in [-0.25, -0.2) is 13.6 Å². The molecule has 1 aromatic rings. The number of nitrogens with zero attached hydrogens (tertiary/aromatic N) is 1. The lowest BCUT2D eigenvalue weighted by Gasteiger charge is -2.29. The van der Waals surface area contributed by atoms with Crippen molar-refractivity contribution in [3.05, 3.63) is 35.4 Å². The maximum absolute atomic E-state index is 13.9. The summed E-state index contributed by atoms with van der Waals surface area (Å²) in [6.07, 6.45) is 0. The van der Waals surface area contributed by atoms with Gasteiger partial charge in [0, 0.05) is 13.1 Å². The largest absolute Gasteiger partial charge is 0.467 e. The fraction of sp³-hybridized carbons (Fsp3) is 0.500. The van der Waals surface area contributed by atoms with E-state index in [1.54, 1.807) is 0 Å². The Bertz CT molecular complexity index is 460. The zero-order valence-corrected chi connectivity index (χ0v) is 12.2. The average Bonchev–Trinajstić information content (AvgIpc) is 2.37. The number of carbonyl (C=O) groups excluding carboxylic acids is 1. The number of carbonyl (C=O) groups is 1. The molecule has 1 aromatic carbocycles. The molecule has 0 fully saturated rings. The summed E-state index contributed by atoms with van der Waals surface area (Å²) in [4.78, 5) is 13.9. The fourth-order valence-corrected chi connectivity index (χ4v) is 1.97. The Labute approximate surface area is 117 Å². The molecular formula is C14H20F2N2O2. The molecular weight excluding hydrogens is 266 g/mol. The van der Waals surface area contributed by atoms with Gasteiger partial charge >= 0.3 is 5.97 Å². The van der Waals surface area contributed by atoms with Crippen molar-refractivity contribution in [2.75, 3.05) is 34.3 Å². The number of methoxy groups -OCH3 is 1. The first-order valence-electron chi connectivity index (χ1n) is 6.25. The van der Waals surface area contributed by atoms with Crippen molar-refractivity contribution < 1.29 is 18.3 Å². The van der Waals surface area contributed by atoms with Gasteiger partial charge in [0.1, 0.15) is 17.2 Å². The summed E-state index contributed by atoms with van der Waals surface area (Å²) in [6, 6.07) is 3.49. The molecule has 1 unspecified atom stereocenters. The van der Waals surface area contributed by atoms with Gasteiger partial charge in [0.05, 0.1) is 12.7 Å². The minimum absolute atomic E-state index is 0.328. The number of hydrogen-bond donors (Lipinski definition) is 1. The smallest absolute Gasteiger partial charge is 0.330 e. The van der Waals surface area contributed by atoms with Crippen molar-refractivity contribution in [1.29, 1.82) is 0 Å². The van der Waals surface area contributed by atoms with E-state index in [2.05, 4.69) is 10.1 Å². The molecule has 1 rings (SSSR count). The van der Waals surface area contributed by atoms with Crippen molar-refractivity contribution in [2.45, 2.75) is 12.5 Å². The molecule has 0 bridgehead atoms. The average molecular weight is 286 g/mol. The van der Waals surface area contributed by atoms with Crippen LogP contribution < -0.4 is 5.32 Å². The number of esters is 1. The molecule has 0 aliphatic rings. The quantitative estimate of drug-likeness (QED) is 0.805. The molecule has 112 valence electrons. The lowest BCUT2D eigenvalue weighted by molar-refractivity contribution is -0.148. The highest BCUT2D eigenvalue weighted by Gasteiger charge is 2.40. The van der Waals surface area contributed by atoms with Gasteiger partial charge in [-0.15, -0.1) is 0 Å². The van der Waals surface area contributed by atoms with Crippen molar-refractivity contribution in [2.24, 2.45) is 0 Å². The van der Waals surface area contributed by atoms with Gasteiger partial charge in [-0.2, -0.15) is 0 Å². The molecule has 1 N–H and O–H groups in total. The number of ether oxygens (including phenoxy) is 1. The maximum Gasteiger partial charge on any atom is 0.330 e. The number of nitrogens with one attached hydrogen (secondary N) is 1. The number of halogens is 2. The Morgan fingerprint density at radius 1 is 1.35 bits per heavy atom. The van der Waals surface area contributed by atoms with Crippen LogP contribution in [0.1, 0.15) is 12.5 Å². The molecule has 0 amide bonds. The van der Waals surface area contributed by atoms with Crippen molar-refractivity contribution in [3.8, 4) is 0 Å². The molecule has 4 nitrogen and oxygen atoms in total. The van der Waals surface area contributed by atoms with Gasteiger partial charge in [-0.1, -0.05) is 6.07 Å². The molecule has 0 spiro atoms. The molecule has 0 saturated heterocycles. The molecule has 0 aliphatic carbocycles. The third kappa shape index (κ3) is 3.52. The lowest BCUT2D eigenvalue weighted by atomic mass is 9.90. The van der Waals surface area contributed by atoms with Crippen LogP contribution in [0.25, 0.3) is 0 Å². The van der Waals surface area contributed by atoms with E-state index >= 15 is 0 Å². The van der Waals surface area contributed by atoms with Crippen molar-refractivity contribution in [1.82, 2.24) is 10.2 Å². The van der Waals surface area contributed by atoms with E-state index in [4.69, 9.17) is 0 Å². The number of likely N-dealkylation sites (N-methyl/N-ethyl adjacent to an activating group) is 1. The third-order valence-electron chi connectivity index (χ3n) is 3.09. The zero-order valence-electron chi connectivity index (χ0n) is 12.2. The second-order valence-corrected chi connectivity index (χ2v) is 4.94. The van der Waals surface area contributed by atoms with Crippen LogP contribution in [-0.2, 0) is 15.1 Å². The van der Waals surface area contributed by atoms with Crippen LogP contribution in [-0.4, -0.2) is 45.2 Å². The predicted octanol–water partition coefficient (Wildman–Crippen LogP) is 1.50. The highest BCUT2D eigenvalue weighted by Crippen LogP contribution is 2.27. The van der Waals surface area contributed by atoms with Crippen molar-refractivity contribution >= 4 is 5.97 Å². The molecule has 20 heavy (non-hydrogen) atoms. The standard InChI is InChI=1S/C14H20F2N2O2/c1-14(13(19)20-4,17-8-9-18(2)3)12-10(15)6-5-7-11(12)16/h5-7,17H,8-9H2,1-4H3. The van der Waals surface area contributed by atoms with E-state index in [1.807, 2.05) is 19.0 Å². The third-order valence-corrected chi connectivity index (χ3v) is 3.09. The van der Waals surface area contributed by atoms with Crippen LogP contribution in [0, 0.1) is 11.6 Å². The SMILES string of the molecule is COC(=O)C(C)(NCCN(C)C)c1c(F)cccc1F. The lowest BCUT2D eigenvalue weighted by Crippen LogP contribution is -2.50. The number of rotatable bonds is 6. The van der Waals surface area contributed by atoms with E-state index in [0.29, 0.717) is 13.1 Å². The second kappa shape index (κ2) is 6.76. The first-order valence-corrected chi connectivity index (χ1v) is 6.25. The van der Waals surface area contributed by atoms with Crippen LogP contribution >= 0.6 is 0 Å². The van der Waals surface area contributed by atoms with Gasteiger partial charge < -0.3 is 9.64 Å². The summed E-state index contributed by atoms with van der Waals surface area (Å²) in [7, 11) is 4.91. The Kier molecular flexibility index (Phi) is 5.59. The highest BCUT2D eigenvalue weighted by molar-refractivity contribution is 5.82. The minimum atomic E-state index is -1.57. The molecule has 0 saturated carbocycles. The molecule has 6 heteroatoms. The maximum atomic E-state index is 13.9. The van der Waals surface area contributed by atoms with Gasteiger partial charge in [0.15, 0.2) is 0 Å². The van der Waals surface area contributed by atoms with Crippen LogP contribution in [0.15, 0.2) is 18.2 Å². The van der Waals surface area contributed by atoms with Gasteiger partial charge in [0.25, 0.3) is 0 Å². The van der Waals surface area contributed by atoms with Gasteiger partial charge in [0.2, 0.25) is 0 Å². The Hall–Kier alpha value is -1.53. The summed E-state index contributed by atoms with van der Waals surface area (Å²) in [5.41, 5.74) is -1.90. The Morgan fingerprint density at radius 2 is 1.90 bits per heavy atom. The topological polar surface area (TPSA) is 41.6 Å². The van der Waals surface area contributed by atoms with E-state index in [1.165, 1.54) is 20.1 Å². The summed E-state index contributed by atoms with van der Waals surface area (Å²) in [5, 5.41) is 2.88. The molecule has 0 aliphatic heterocycles. The summed E-state index contributed by atoms with van der Waals surface area (Å²) >= 11 is 0. The van der Waals surface area contributed by atoms with Crippen LogP contribution in [0.3, 0.4) is 0 Å². The van der Waals surface area contributed by atoms with E-state index in [0.717, 1.165) is 12.1 Å². The van der Waals surface area contributed by atoms with E-state index in [9.17, 15) is 13.6 Å². The summed E-state index contributed by atoms with van der Waals surface area (Å²) in [5.74, 6) is -2.30. The van der Waals surface area contributed by atoms with Crippen LogP contribution in [0.5, 0.6) is 0 Å². The first-order chi connectivity index (χ1) is 9.32. The molecule has 0 radical (unpaired) electrons. The van der Waals surface area contributed by atoms with Crippen LogP contribution in [0.4, 0.5) is 8.78 Å². The van der Waals surface area contributed by atoms with E-state index < -0.39 is 23.1 Å².